The lowest BCUT2D eigenvalue weighted by Crippen LogP contribution is -2.39. The molecule has 0 bridgehead atoms. The van der Waals surface area contributed by atoms with E-state index in [4.69, 9.17) is 9.47 Å². The van der Waals surface area contributed by atoms with Gasteiger partial charge in [-0.1, -0.05) is 18.2 Å². The van der Waals surface area contributed by atoms with Gasteiger partial charge in [0.1, 0.15) is 11.4 Å². The van der Waals surface area contributed by atoms with Crippen molar-refractivity contribution in [2.45, 2.75) is 18.8 Å². The van der Waals surface area contributed by atoms with Gasteiger partial charge in [-0.05, 0) is 49.2 Å². The third-order valence-electron chi connectivity index (χ3n) is 5.66. The molecule has 0 spiro atoms. The number of halogens is 1. The number of carbonyl (C=O) groups is 1. The van der Waals surface area contributed by atoms with E-state index in [-0.39, 0.29) is 29.5 Å². The average molecular weight is 471 g/mol. The molecular formula is C26H22FN5O3. The summed E-state index contributed by atoms with van der Waals surface area (Å²) in [6, 6.07) is 15.0. The molecule has 35 heavy (non-hydrogen) atoms. The first-order valence-electron chi connectivity index (χ1n) is 11.2. The number of amides is 1. The second-order valence-electron chi connectivity index (χ2n) is 8.03. The Hall–Kier alpha value is -4.40. The molecule has 8 nitrogen and oxygen atoms in total. The van der Waals surface area contributed by atoms with E-state index in [0.29, 0.717) is 30.1 Å². The Morgan fingerprint density at radius 3 is 2.60 bits per heavy atom. The van der Waals surface area contributed by atoms with E-state index in [1.807, 2.05) is 0 Å². The van der Waals surface area contributed by atoms with Gasteiger partial charge in [-0.2, -0.15) is 0 Å². The van der Waals surface area contributed by atoms with Crippen molar-refractivity contribution in [3.05, 3.63) is 96.5 Å². The van der Waals surface area contributed by atoms with Gasteiger partial charge in [0.15, 0.2) is 11.6 Å². The van der Waals surface area contributed by atoms with E-state index in [0.717, 1.165) is 12.8 Å². The maximum atomic E-state index is 14.1. The number of rotatable bonds is 6. The molecular weight excluding hydrogens is 449 g/mol. The molecule has 9 heteroatoms. The molecule has 1 aliphatic heterocycles. The molecule has 2 aromatic carbocycles. The van der Waals surface area contributed by atoms with E-state index >= 15 is 0 Å². The molecule has 0 unspecified atom stereocenters. The lowest BCUT2D eigenvalue weighted by molar-refractivity contribution is 0.0704. The molecule has 1 amide bonds. The van der Waals surface area contributed by atoms with Crippen molar-refractivity contribution in [2.24, 2.45) is 0 Å². The number of aromatic nitrogens is 4. The predicted octanol–water partition coefficient (Wildman–Crippen LogP) is 5.01. The fourth-order valence-electron chi connectivity index (χ4n) is 4.03. The first-order chi connectivity index (χ1) is 17.2. The van der Waals surface area contributed by atoms with Crippen LogP contribution < -0.4 is 9.47 Å². The summed E-state index contributed by atoms with van der Waals surface area (Å²) in [7, 11) is 0. The van der Waals surface area contributed by atoms with Gasteiger partial charge in [-0.3, -0.25) is 9.78 Å². The molecule has 176 valence electrons. The van der Waals surface area contributed by atoms with Crippen LogP contribution in [0.3, 0.4) is 0 Å². The molecule has 1 atom stereocenters. The van der Waals surface area contributed by atoms with Gasteiger partial charge >= 0.3 is 6.01 Å². The van der Waals surface area contributed by atoms with Gasteiger partial charge in [0.2, 0.25) is 5.88 Å². The highest BCUT2D eigenvalue weighted by Gasteiger charge is 2.29. The maximum absolute atomic E-state index is 14.1. The third kappa shape index (κ3) is 5.24. The molecule has 3 heterocycles. The van der Waals surface area contributed by atoms with Crippen LogP contribution in [-0.4, -0.2) is 43.8 Å². The van der Waals surface area contributed by atoms with Crippen molar-refractivity contribution in [1.82, 2.24) is 24.8 Å². The van der Waals surface area contributed by atoms with Gasteiger partial charge in [0, 0.05) is 49.4 Å². The van der Waals surface area contributed by atoms with Gasteiger partial charge in [0.05, 0.1) is 0 Å². The number of likely N-dealkylation sites (tertiary alicyclic amines) is 1. The molecule has 5 rings (SSSR count). The quantitative estimate of drug-likeness (QED) is 0.390. The zero-order valence-electron chi connectivity index (χ0n) is 18.8. The predicted molar refractivity (Wildman–Crippen MR) is 125 cm³/mol. The highest BCUT2D eigenvalue weighted by molar-refractivity contribution is 5.94. The highest BCUT2D eigenvalue weighted by atomic mass is 19.1. The van der Waals surface area contributed by atoms with E-state index in [1.165, 1.54) is 12.3 Å². The zero-order chi connectivity index (χ0) is 24.0. The molecule has 1 saturated heterocycles. The van der Waals surface area contributed by atoms with Crippen molar-refractivity contribution in [1.29, 1.82) is 0 Å². The molecule has 1 fully saturated rings. The smallest absolute Gasteiger partial charge is 0.321 e. The molecule has 4 aromatic rings. The maximum Gasteiger partial charge on any atom is 0.321 e. The molecule has 0 aliphatic carbocycles. The van der Waals surface area contributed by atoms with Crippen LogP contribution in [0.5, 0.6) is 23.4 Å². The Kier molecular flexibility index (Phi) is 6.56. The van der Waals surface area contributed by atoms with Gasteiger partial charge < -0.3 is 14.4 Å². The topological polar surface area (TPSA) is 90.3 Å². The Morgan fingerprint density at radius 2 is 1.74 bits per heavy atom. The minimum absolute atomic E-state index is 0.0807. The van der Waals surface area contributed by atoms with E-state index in [1.54, 1.807) is 72.0 Å². The number of piperidine rings is 1. The van der Waals surface area contributed by atoms with Crippen LogP contribution in [0.15, 0.2) is 79.4 Å². The van der Waals surface area contributed by atoms with Crippen molar-refractivity contribution < 1.29 is 18.7 Å². The summed E-state index contributed by atoms with van der Waals surface area (Å²) >= 11 is 0. The molecule has 0 N–H and O–H groups in total. The molecule has 1 aliphatic rings. The standard InChI is InChI=1S/C26H22FN5O3/c27-21-9-1-2-10-22(21)35-24-23(28-13-14-29-24)19-7-4-15-32(17-19)25(33)18-6-3-8-20(16-18)34-26-30-11-5-12-31-26/h1-3,5-6,8-14,16,19H,4,7,15,17H2/t19-/m0/s1. The first kappa shape index (κ1) is 22.4. The Morgan fingerprint density at radius 1 is 0.914 bits per heavy atom. The van der Waals surface area contributed by atoms with Crippen LogP contribution in [0.25, 0.3) is 0 Å². The van der Waals surface area contributed by atoms with Crippen LogP contribution in [0.1, 0.15) is 34.8 Å². The van der Waals surface area contributed by atoms with E-state index in [2.05, 4.69) is 19.9 Å². The monoisotopic (exact) mass is 471 g/mol. The van der Waals surface area contributed by atoms with Gasteiger partial charge in [0.25, 0.3) is 5.91 Å². The van der Waals surface area contributed by atoms with Crippen molar-refractivity contribution in [3.63, 3.8) is 0 Å². The zero-order valence-corrected chi connectivity index (χ0v) is 18.8. The molecule has 0 saturated carbocycles. The fourth-order valence-corrected chi connectivity index (χ4v) is 4.03. The summed E-state index contributed by atoms with van der Waals surface area (Å²) in [5.74, 6) is 0.111. The highest BCUT2D eigenvalue weighted by Crippen LogP contribution is 2.34. The Labute approximate surface area is 201 Å². The number of ether oxygens (including phenoxy) is 2. The van der Waals surface area contributed by atoms with Crippen LogP contribution in [0.4, 0.5) is 4.39 Å². The Balaban J connectivity index is 1.32. The van der Waals surface area contributed by atoms with E-state index < -0.39 is 5.82 Å². The summed E-state index contributed by atoms with van der Waals surface area (Å²) in [4.78, 5) is 32.0. The van der Waals surface area contributed by atoms with Crippen LogP contribution >= 0.6 is 0 Å². The average Bonchev–Trinajstić information content (AvgIpc) is 2.91. The van der Waals surface area contributed by atoms with Gasteiger partial charge in [-0.25, -0.2) is 19.3 Å². The van der Waals surface area contributed by atoms with E-state index in [9.17, 15) is 9.18 Å². The van der Waals surface area contributed by atoms with Crippen LogP contribution in [-0.2, 0) is 0 Å². The minimum Gasteiger partial charge on any atom is -0.434 e. The number of hydrogen-bond donors (Lipinski definition) is 0. The fraction of sp³-hybridized carbons (Fsp3) is 0.192. The summed E-state index contributed by atoms with van der Waals surface area (Å²) in [5.41, 5.74) is 1.10. The summed E-state index contributed by atoms with van der Waals surface area (Å²) in [6.07, 6.45) is 7.86. The first-order valence-corrected chi connectivity index (χ1v) is 11.2. The summed E-state index contributed by atoms with van der Waals surface area (Å²) in [6.45, 7) is 1.06. The number of hydrogen-bond acceptors (Lipinski definition) is 7. The van der Waals surface area contributed by atoms with Crippen LogP contribution in [0.2, 0.25) is 0 Å². The van der Waals surface area contributed by atoms with Crippen LogP contribution in [0, 0.1) is 5.82 Å². The normalized spacial score (nSPS) is 15.5. The number of nitrogens with zero attached hydrogens (tertiary/aromatic N) is 5. The lowest BCUT2D eigenvalue weighted by atomic mass is 9.94. The number of carbonyl (C=O) groups excluding carboxylic acids is 1. The minimum atomic E-state index is -0.479. The summed E-state index contributed by atoms with van der Waals surface area (Å²) < 4.78 is 25.6. The van der Waals surface area contributed by atoms with Crippen molar-refractivity contribution in [2.75, 3.05) is 13.1 Å². The summed E-state index contributed by atoms with van der Waals surface area (Å²) in [5, 5.41) is 0. The molecule has 2 aromatic heterocycles. The number of benzene rings is 2. The Bertz CT molecular complexity index is 1320. The second-order valence-corrected chi connectivity index (χ2v) is 8.03. The van der Waals surface area contributed by atoms with Gasteiger partial charge in [-0.15, -0.1) is 0 Å². The number of para-hydroxylation sites is 1. The molecule has 0 radical (unpaired) electrons. The largest absolute Gasteiger partial charge is 0.434 e. The second kappa shape index (κ2) is 10.3. The third-order valence-corrected chi connectivity index (χ3v) is 5.66. The SMILES string of the molecule is O=C(c1cccc(Oc2ncccn2)c1)N1CCC[C@H](c2nccnc2Oc2ccccc2F)C1. The lowest BCUT2D eigenvalue weighted by Gasteiger charge is -2.33. The van der Waals surface area contributed by atoms with Crippen molar-refractivity contribution in [3.8, 4) is 23.4 Å². The van der Waals surface area contributed by atoms with Crippen molar-refractivity contribution >= 4 is 5.91 Å².